The number of hydrogen-bond donors (Lipinski definition) is 2. The molecular formula is C13H23N3O2S. The number of likely N-dealkylation sites (N-methyl/N-ethyl adjacent to an activating group) is 2. The summed E-state index contributed by atoms with van der Waals surface area (Å²) in [5.41, 5.74) is 5.10. The SMILES string of the molecule is CCN(CC(=O)NC)C(=O)C1(C(N)=S)CCCCC1. The van der Waals surface area contributed by atoms with Gasteiger partial charge in [0, 0.05) is 13.6 Å². The second-order valence-corrected chi connectivity index (χ2v) is 5.44. The van der Waals surface area contributed by atoms with Gasteiger partial charge in [-0.2, -0.15) is 0 Å². The maximum absolute atomic E-state index is 12.7. The third-order valence-electron chi connectivity index (χ3n) is 3.87. The van der Waals surface area contributed by atoms with E-state index >= 15 is 0 Å². The number of rotatable bonds is 5. The van der Waals surface area contributed by atoms with Crippen molar-refractivity contribution in [2.75, 3.05) is 20.1 Å². The number of hydrogen-bond acceptors (Lipinski definition) is 3. The molecule has 1 rings (SSSR count). The van der Waals surface area contributed by atoms with Gasteiger partial charge < -0.3 is 16.0 Å². The van der Waals surface area contributed by atoms with E-state index < -0.39 is 5.41 Å². The lowest BCUT2D eigenvalue weighted by Crippen LogP contribution is -2.53. The van der Waals surface area contributed by atoms with Gasteiger partial charge in [-0.25, -0.2) is 0 Å². The van der Waals surface area contributed by atoms with E-state index in [4.69, 9.17) is 18.0 Å². The number of thiocarbonyl (C=S) groups is 1. The van der Waals surface area contributed by atoms with Crippen LogP contribution in [0.25, 0.3) is 0 Å². The Balaban J connectivity index is 2.91. The van der Waals surface area contributed by atoms with Gasteiger partial charge in [0.1, 0.15) is 0 Å². The molecule has 0 aliphatic heterocycles. The summed E-state index contributed by atoms with van der Waals surface area (Å²) in [5.74, 6) is -0.269. The van der Waals surface area contributed by atoms with Gasteiger partial charge in [0.25, 0.3) is 0 Å². The van der Waals surface area contributed by atoms with Crippen molar-refractivity contribution in [2.24, 2.45) is 11.1 Å². The minimum absolute atomic E-state index is 0.0657. The lowest BCUT2D eigenvalue weighted by atomic mass is 9.73. The molecule has 1 aliphatic rings. The Bertz CT molecular complexity index is 365. The molecule has 0 atom stereocenters. The quantitative estimate of drug-likeness (QED) is 0.733. The number of amides is 2. The lowest BCUT2D eigenvalue weighted by Gasteiger charge is -2.38. The summed E-state index contributed by atoms with van der Waals surface area (Å²) >= 11 is 5.14. The fourth-order valence-electron chi connectivity index (χ4n) is 2.60. The van der Waals surface area contributed by atoms with Crippen LogP contribution in [0.3, 0.4) is 0 Å². The van der Waals surface area contributed by atoms with Gasteiger partial charge in [-0.05, 0) is 19.8 Å². The van der Waals surface area contributed by atoms with Crippen LogP contribution in [-0.2, 0) is 9.59 Å². The van der Waals surface area contributed by atoms with Gasteiger partial charge >= 0.3 is 0 Å². The second-order valence-electron chi connectivity index (χ2n) is 5.00. The Kier molecular flexibility index (Phi) is 5.72. The summed E-state index contributed by atoms with van der Waals surface area (Å²) < 4.78 is 0. The molecule has 1 saturated carbocycles. The van der Waals surface area contributed by atoms with E-state index in [1.54, 1.807) is 11.9 Å². The maximum atomic E-state index is 12.7. The molecule has 19 heavy (non-hydrogen) atoms. The van der Waals surface area contributed by atoms with Gasteiger partial charge in [-0.3, -0.25) is 9.59 Å². The molecule has 0 unspecified atom stereocenters. The number of nitrogens with one attached hydrogen (secondary N) is 1. The van der Waals surface area contributed by atoms with Gasteiger partial charge in [0.2, 0.25) is 11.8 Å². The Labute approximate surface area is 119 Å². The third-order valence-corrected chi connectivity index (χ3v) is 4.26. The zero-order chi connectivity index (χ0) is 14.5. The molecule has 3 N–H and O–H groups in total. The first-order valence-corrected chi connectivity index (χ1v) is 7.18. The largest absolute Gasteiger partial charge is 0.392 e. The molecule has 108 valence electrons. The van der Waals surface area contributed by atoms with Crippen LogP contribution in [0.15, 0.2) is 0 Å². The Hall–Kier alpha value is -1.17. The van der Waals surface area contributed by atoms with E-state index in [1.807, 2.05) is 6.92 Å². The molecule has 6 heteroatoms. The maximum Gasteiger partial charge on any atom is 0.239 e. The fourth-order valence-corrected chi connectivity index (χ4v) is 2.89. The van der Waals surface area contributed by atoms with Crippen LogP contribution in [0.4, 0.5) is 0 Å². The topological polar surface area (TPSA) is 75.4 Å². The molecule has 0 saturated heterocycles. The molecule has 1 fully saturated rings. The first kappa shape index (κ1) is 15.9. The first-order valence-electron chi connectivity index (χ1n) is 6.77. The van der Waals surface area contributed by atoms with Crippen LogP contribution < -0.4 is 11.1 Å². The standard InChI is InChI=1S/C13H23N3O2S/c1-3-16(9-10(17)15-2)12(18)13(11(14)19)7-5-4-6-8-13/h3-9H2,1-2H3,(H2,14,19)(H,15,17). The monoisotopic (exact) mass is 285 g/mol. The summed E-state index contributed by atoms with van der Waals surface area (Å²) in [5, 5.41) is 2.53. The van der Waals surface area contributed by atoms with E-state index in [-0.39, 0.29) is 23.3 Å². The summed E-state index contributed by atoms with van der Waals surface area (Å²) in [4.78, 5) is 26.0. The normalized spacial score (nSPS) is 17.6. The van der Waals surface area contributed by atoms with Crippen LogP contribution in [-0.4, -0.2) is 41.8 Å². The van der Waals surface area contributed by atoms with Crippen molar-refractivity contribution in [1.29, 1.82) is 0 Å². The summed E-state index contributed by atoms with van der Waals surface area (Å²) in [6, 6.07) is 0. The zero-order valence-electron chi connectivity index (χ0n) is 11.7. The van der Waals surface area contributed by atoms with E-state index in [1.165, 1.54) is 0 Å². The number of nitrogens with two attached hydrogens (primary N) is 1. The van der Waals surface area contributed by atoms with Crippen LogP contribution in [0, 0.1) is 5.41 Å². The molecule has 0 aromatic heterocycles. The molecule has 5 nitrogen and oxygen atoms in total. The number of carbonyl (C=O) groups excluding carboxylic acids is 2. The first-order chi connectivity index (χ1) is 8.97. The van der Waals surface area contributed by atoms with Crippen LogP contribution in [0.2, 0.25) is 0 Å². The Morgan fingerprint density at radius 3 is 2.32 bits per heavy atom. The van der Waals surface area contributed by atoms with Crippen molar-refractivity contribution in [3.63, 3.8) is 0 Å². The number of carbonyl (C=O) groups is 2. The minimum atomic E-state index is -0.738. The highest BCUT2D eigenvalue weighted by Crippen LogP contribution is 2.38. The molecule has 0 bridgehead atoms. The highest BCUT2D eigenvalue weighted by atomic mass is 32.1. The van der Waals surface area contributed by atoms with Crippen LogP contribution in [0.1, 0.15) is 39.0 Å². The van der Waals surface area contributed by atoms with Crippen molar-refractivity contribution in [2.45, 2.75) is 39.0 Å². The van der Waals surface area contributed by atoms with Gasteiger partial charge in [0.15, 0.2) is 0 Å². The fraction of sp³-hybridized carbons (Fsp3) is 0.769. The lowest BCUT2D eigenvalue weighted by molar-refractivity contribution is -0.142. The summed E-state index contributed by atoms with van der Waals surface area (Å²) in [7, 11) is 1.56. The van der Waals surface area contributed by atoms with Crippen molar-refractivity contribution in [3.05, 3.63) is 0 Å². The predicted molar refractivity (Wildman–Crippen MR) is 78.6 cm³/mol. The van der Waals surface area contributed by atoms with Gasteiger partial charge in [-0.1, -0.05) is 31.5 Å². The molecule has 2 amide bonds. The van der Waals surface area contributed by atoms with E-state index in [0.717, 1.165) is 19.3 Å². The number of nitrogens with zero attached hydrogens (tertiary/aromatic N) is 1. The Morgan fingerprint density at radius 1 is 1.32 bits per heavy atom. The molecular weight excluding hydrogens is 262 g/mol. The smallest absolute Gasteiger partial charge is 0.239 e. The van der Waals surface area contributed by atoms with Gasteiger partial charge in [0.05, 0.1) is 16.9 Å². The molecule has 0 aromatic rings. The molecule has 0 aromatic carbocycles. The average Bonchev–Trinajstić information content (AvgIpc) is 2.44. The van der Waals surface area contributed by atoms with E-state index in [0.29, 0.717) is 19.4 Å². The van der Waals surface area contributed by atoms with Gasteiger partial charge in [-0.15, -0.1) is 0 Å². The molecule has 0 radical (unpaired) electrons. The van der Waals surface area contributed by atoms with Crippen LogP contribution >= 0.6 is 12.2 Å². The van der Waals surface area contributed by atoms with Crippen molar-refractivity contribution >= 4 is 29.0 Å². The predicted octanol–water partition coefficient (Wildman–Crippen LogP) is 0.817. The third kappa shape index (κ3) is 3.43. The van der Waals surface area contributed by atoms with Crippen molar-refractivity contribution in [1.82, 2.24) is 10.2 Å². The second kappa shape index (κ2) is 6.84. The highest BCUT2D eigenvalue weighted by Gasteiger charge is 2.44. The van der Waals surface area contributed by atoms with E-state index in [9.17, 15) is 9.59 Å². The Morgan fingerprint density at radius 2 is 1.89 bits per heavy atom. The van der Waals surface area contributed by atoms with Crippen LogP contribution in [0.5, 0.6) is 0 Å². The summed E-state index contributed by atoms with van der Waals surface area (Å²) in [6.07, 6.45) is 4.43. The van der Waals surface area contributed by atoms with E-state index in [2.05, 4.69) is 5.32 Å². The minimum Gasteiger partial charge on any atom is -0.392 e. The van der Waals surface area contributed by atoms with Crippen molar-refractivity contribution in [3.8, 4) is 0 Å². The zero-order valence-corrected chi connectivity index (χ0v) is 12.5. The molecule has 0 spiro atoms. The van der Waals surface area contributed by atoms with Crippen molar-refractivity contribution < 1.29 is 9.59 Å². The molecule has 1 aliphatic carbocycles. The average molecular weight is 285 g/mol. The molecule has 0 heterocycles. The highest BCUT2D eigenvalue weighted by molar-refractivity contribution is 7.80. The summed E-state index contributed by atoms with van der Waals surface area (Å²) in [6.45, 7) is 2.41.